The van der Waals surface area contributed by atoms with Crippen LogP contribution in [0.25, 0.3) is 0 Å². The molecule has 1 N–H and O–H groups in total. The Balaban J connectivity index is 1.75. The molecule has 5 heteroatoms. The highest BCUT2D eigenvalue weighted by Crippen LogP contribution is 2.36. The Kier molecular flexibility index (Phi) is 5.15. The van der Waals surface area contributed by atoms with Crippen molar-refractivity contribution in [1.29, 1.82) is 0 Å². The number of aliphatic carboxylic acids is 1. The minimum atomic E-state index is -0.868. The van der Waals surface area contributed by atoms with Crippen molar-refractivity contribution in [2.24, 2.45) is 5.41 Å². The Morgan fingerprint density at radius 3 is 2.68 bits per heavy atom. The summed E-state index contributed by atoms with van der Waals surface area (Å²) in [5, 5.41) is 8.62. The van der Waals surface area contributed by atoms with Gasteiger partial charge in [0, 0.05) is 24.9 Å². The molecule has 2 fully saturated rings. The number of nitrogens with zero attached hydrogens (tertiary/aromatic N) is 1. The van der Waals surface area contributed by atoms with E-state index in [-0.39, 0.29) is 12.7 Å². The molecule has 1 atom stereocenters. The van der Waals surface area contributed by atoms with Crippen LogP contribution in [-0.4, -0.2) is 59.3 Å². The first-order chi connectivity index (χ1) is 8.96. The van der Waals surface area contributed by atoms with Crippen LogP contribution >= 0.6 is 11.8 Å². The third kappa shape index (κ3) is 4.65. The summed E-state index contributed by atoms with van der Waals surface area (Å²) in [5.74, 6) is 1.64. The molecule has 0 aromatic heterocycles. The predicted octanol–water partition coefficient (Wildman–Crippen LogP) is 2.08. The quantitative estimate of drug-likeness (QED) is 0.858. The van der Waals surface area contributed by atoms with E-state index in [0.717, 1.165) is 25.9 Å². The van der Waals surface area contributed by atoms with Crippen molar-refractivity contribution < 1.29 is 14.6 Å². The van der Waals surface area contributed by atoms with E-state index in [0.29, 0.717) is 11.5 Å². The van der Waals surface area contributed by atoms with Crippen LogP contribution in [0.2, 0.25) is 0 Å². The lowest BCUT2D eigenvalue weighted by Crippen LogP contribution is -2.48. The maximum Gasteiger partial charge on any atom is 0.329 e. The average molecular weight is 287 g/mol. The largest absolute Gasteiger partial charge is 0.480 e. The highest BCUT2D eigenvalue weighted by atomic mass is 32.2. The second kappa shape index (κ2) is 6.46. The number of carboxylic acid groups (broad SMARTS) is 1. The Morgan fingerprint density at radius 1 is 1.42 bits per heavy atom. The number of hydrogen-bond donors (Lipinski definition) is 1. The Hall–Kier alpha value is -0.260. The molecule has 0 amide bonds. The topological polar surface area (TPSA) is 49.8 Å². The number of carbonyl (C=O) groups is 1. The van der Waals surface area contributed by atoms with Crippen molar-refractivity contribution in [3.8, 4) is 0 Å². The van der Waals surface area contributed by atoms with E-state index in [2.05, 4.69) is 30.5 Å². The van der Waals surface area contributed by atoms with Crippen molar-refractivity contribution in [2.75, 3.05) is 31.2 Å². The van der Waals surface area contributed by atoms with Crippen molar-refractivity contribution in [3.63, 3.8) is 0 Å². The zero-order chi connectivity index (χ0) is 13.9. The van der Waals surface area contributed by atoms with E-state index in [1.54, 1.807) is 0 Å². The molecule has 2 heterocycles. The van der Waals surface area contributed by atoms with Gasteiger partial charge in [0.1, 0.15) is 6.61 Å². The van der Waals surface area contributed by atoms with E-state index < -0.39 is 5.97 Å². The van der Waals surface area contributed by atoms with Gasteiger partial charge in [0.2, 0.25) is 0 Å². The van der Waals surface area contributed by atoms with E-state index in [1.807, 2.05) is 0 Å². The molecule has 0 aromatic rings. The minimum Gasteiger partial charge on any atom is -0.480 e. The molecule has 1 unspecified atom stereocenters. The van der Waals surface area contributed by atoms with Crippen molar-refractivity contribution in [1.82, 2.24) is 4.90 Å². The summed E-state index contributed by atoms with van der Waals surface area (Å²) in [7, 11) is 0. The second-order valence-corrected chi connectivity index (χ2v) is 7.51. The highest BCUT2D eigenvalue weighted by molar-refractivity contribution is 7.99. The van der Waals surface area contributed by atoms with Crippen LogP contribution in [0.3, 0.4) is 0 Å². The van der Waals surface area contributed by atoms with Crippen LogP contribution in [0.5, 0.6) is 0 Å². The fourth-order valence-corrected chi connectivity index (χ4v) is 4.45. The first-order valence-electron chi connectivity index (χ1n) is 7.11. The number of rotatable bonds is 4. The molecule has 2 aliphatic heterocycles. The summed E-state index contributed by atoms with van der Waals surface area (Å²) in [6.07, 6.45) is 3.35. The van der Waals surface area contributed by atoms with Gasteiger partial charge in [-0.25, -0.2) is 4.79 Å². The van der Waals surface area contributed by atoms with Crippen LogP contribution < -0.4 is 0 Å². The van der Waals surface area contributed by atoms with Crippen molar-refractivity contribution in [3.05, 3.63) is 0 Å². The van der Waals surface area contributed by atoms with Crippen LogP contribution in [0.15, 0.2) is 0 Å². The van der Waals surface area contributed by atoms with Gasteiger partial charge in [-0.1, -0.05) is 13.8 Å². The molecular formula is C14H25NO3S. The van der Waals surface area contributed by atoms with E-state index in [9.17, 15) is 4.79 Å². The van der Waals surface area contributed by atoms with E-state index in [4.69, 9.17) is 9.84 Å². The molecule has 19 heavy (non-hydrogen) atoms. The van der Waals surface area contributed by atoms with Gasteiger partial charge in [-0.15, -0.1) is 0 Å². The summed E-state index contributed by atoms with van der Waals surface area (Å²) in [6.45, 7) is 6.65. The Bertz CT molecular complexity index is 314. The number of ether oxygens (including phenoxy) is 1. The molecule has 0 spiro atoms. The van der Waals surface area contributed by atoms with Crippen LogP contribution in [0.1, 0.15) is 33.1 Å². The summed E-state index contributed by atoms with van der Waals surface area (Å²) >= 11 is 2.07. The summed E-state index contributed by atoms with van der Waals surface area (Å²) in [5.41, 5.74) is 0.449. The average Bonchev–Trinajstić information content (AvgIpc) is 2.36. The summed E-state index contributed by atoms with van der Waals surface area (Å²) < 4.78 is 5.39. The molecule has 0 aliphatic carbocycles. The SMILES string of the molecule is CC1(C)CSCC(N2CCC(OCC(=O)O)CC2)C1. The molecule has 2 rings (SSSR count). The molecule has 0 radical (unpaired) electrons. The van der Waals surface area contributed by atoms with Gasteiger partial charge >= 0.3 is 5.97 Å². The van der Waals surface area contributed by atoms with Gasteiger partial charge < -0.3 is 9.84 Å². The first kappa shape index (κ1) is 15.1. The zero-order valence-electron chi connectivity index (χ0n) is 11.9. The molecule has 0 bridgehead atoms. The van der Waals surface area contributed by atoms with E-state index >= 15 is 0 Å². The van der Waals surface area contributed by atoms with Crippen LogP contribution in [0.4, 0.5) is 0 Å². The lowest BCUT2D eigenvalue weighted by atomic mass is 9.86. The Labute approximate surface area is 119 Å². The lowest BCUT2D eigenvalue weighted by molar-refractivity contribution is -0.145. The number of hydrogen-bond acceptors (Lipinski definition) is 4. The van der Waals surface area contributed by atoms with Crippen LogP contribution in [0, 0.1) is 5.41 Å². The molecule has 4 nitrogen and oxygen atoms in total. The third-order valence-corrected chi connectivity index (χ3v) is 5.63. The number of likely N-dealkylation sites (tertiary alicyclic amines) is 1. The summed E-state index contributed by atoms with van der Waals surface area (Å²) in [4.78, 5) is 13.1. The fraction of sp³-hybridized carbons (Fsp3) is 0.929. The van der Waals surface area contributed by atoms with Gasteiger partial charge in [0.15, 0.2) is 0 Å². The van der Waals surface area contributed by atoms with Crippen molar-refractivity contribution >= 4 is 17.7 Å². The highest BCUT2D eigenvalue weighted by Gasteiger charge is 2.33. The van der Waals surface area contributed by atoms with Crippen molar-refractivity contribution in [2.45, 2.75) is 45.3 Å². The number of thioether (sulfide) groups is 1. The normalized spacial score (nSPS) is 29.3. The maximum absolute atomic E-state index is 10.5. The molecule has 2 aliphatic rings. The molecule has 0 saturated carbocycles. The third-order valence-electron chi connectivity index (χ3n) is 4.03. The zero-order valence-corrected chi connectivity index (χ0v) is 12.7. The monoisotopic (exact) mass is 287 g/mol. The maximum atomic E-state index is 10.5. The molecule has 110 valence electrons. The number of carboxylic acids is 1. The standard InChI is InChI=1S/C14H25NO3S/c1-14(2)7-11(9-19-10-14)15-5-3-12(4-6-15)18-8-13(16)17/h11-12H,3-10H2,1-2H3,(H,16,17). The molecule has 0 aromatic carbocycles. The number of piperidine rings is 1. The molecule has 2 saturated heterocycles. The van der Waals surface area contributed by atoms with E-state index in [1.165, 1.54) is 17.9 Å². The first-order valence-corrected chi connectivity index (χ1v) is 8.27. The van der Waals surface area contributed by atoms with Gasteiger partial charge in [-0.3, -0.25) is 4.90 Å². The van der Waals surface area contributed by atoms with Gasteiger partial charge in [-0.05, 0) is 30.4 Å². The van der Waals surface area contributed by atoms with Crippen LogP contribution in [-0.2, 0) is 9.53 Å². The summed E-state index contributed by atoms with van der Waals surface area (Å²) in [6, 6.07) is 0.689. The smallest absolute Gasteiger partial charge is 0.329 e. The van der Waals surface area contributed by atoms with Gasteiger partial charge in [-0.2, -0.15) is 11.8 Å². The predicted molar refractivity (Wildman–Crippen MR) is 77.7 cm³/mol. The second-order valence-electron chi connectivity index (χ2n) is 6.48. The molecular weight excluding hydrogens is 262 g/mol. The Morgan fingerprint density at radius 2 is 2.11 bits per heavy atom. The lowest BCUT2D eigenvalue weighted by Gasteiger charge is -2.43. The fourth-order valence-electron chi connectivity index (χ4n) is 3.06. The van der Waals surface area contributed by atoms with Gasteiger partial charge in [0.05, 0.1) is 6.10 Å². The van der Waals surface area contributed by atoms with Gasteiger partial charge in [0.25, 0.3) is 0 Å². The minimum absolute atomic E-state index is 0.136.